The highest BCUT2D eigenvalue weighted by Gasteiger charge is 2.16. The third-order valence-corrected chi connectivity index (χ3v) is 3.69. The second-order valence-electron chi connectivity index (χ2n) is 4.05. The molecular formula is C12H12FN3O2S. The highest BCUT2D eigenvalue weighted by Crippen LogP contribution is 2.18. The van der Waals surface area contributed by atoms with Crippen LogP contribution in [0.15, 0.2) is 41.4 Å². The van der Waals surface area contributed by atoms with Crippen molar-refractivity contribution < 1.29 is 12.8 Å². The van der Waals surface area contributed by atoms with Gasteiger partial charge in [-0.1, -0.05) is 6.07 Å². The van der Waals surface area contributed by atoms with E-state index in [1.54, 1.807) is 6.07 Å². The molecule has 0 bridgehead atoms. The van der Waals surface area contributed by atoms with Crippen LogP contribution >= 0.6 is 0 Å². The Morgan fingerprint density at radius 3 is 2.58 bits per heavy atom. The van der Waals surface area contributed by atoms with Crippen molar-refractivity contribution in [3.63, 3.8) is 0 Å². The van der Waals surface area contributed by atoms with Crippen LogP contribution in [0.3, 0.4) is 0 Å². The zero-order valence-corrected chi connectivity index (χ0v) is 10.9. The molecular weight excluding hydrogens is 269 g/mol. The number of pyridine rings is 1. The largest absolute Gasteiger partial charge is 0.399 e. The van der Waals surface area contributed by atoms with Gasteiger partial charge in [0.25, 0.3) is 10.0 Å². The van der Waals surface area contributed by atoms with E-state index < -0.39 is 15.8 Å². The fourth-order valence-corrected chi connectivity index (χ4v) is 2.54. The number of halogens is 1. The topological polar surface area (TPSA) is 85.1 Å². The van der Waals surface area contributed by atoms with Crippen LogP contribution < -0.4 is 10.5 Å². The molecule has 1 aromatic carbocycles. The molecule has 0 unspecified atom stereocenters. The van der Waals surface area contributed by atoms with Gasteiger partial charge in [0.1, 0.15) is 11.6 Å². The first-order chi connectivity index (χ1) is 8.87. The van der Waals surface area contributed by atoms with Crippen molar-refractivity contribution in [2.24, 2.45) is 0 Å². The van der Waals surface area contributed by atoms with Gasteiger partial charge in [0, 0.05) is 11.9 Å². The molecule has 0 aliphatic heterocycles. The van der Waals surface area contributed by atoms with E-state index in [2.05, 4.69) is 9.71 Å². The maximum atomic E-state index is 13.2. The number of aryl methyl sites for hydroxylation is 1. The fourth-order valence-electron chi connectivity index (χ4n) is 1.46. The van der Waals surface area contributed by atoms with Gasteiger partial charge in [-0.25, -0.2) is 17.8 Å². The van der Waals surface area contributed by atoms with Gasteiger partial charge in [-0.3, -0.25) is 4.72 Å². The van der Waals surface area contributed by atoms with Crippen molar-refractivity contribution in [3.05, 3.63) is 47.9 Å². The van der Waals surface area contributed by atoms with Crippen LogP contribution in [0.5, 0.6) is 0 Å². The molecule has 0 fully saturated rings. The van der Waals surface area contributed by atoms with Crippen molar-refractivity contribution in [1.82, 2.24) is 4.98 Å². The normalized spacial score (nSPS) is 11.3. The van der Waals surface area contributed by atoms with Crippen LogP contribution in [0.1, 0.15) is 5.56 Å². The van der Waals surface area contributed by atoms with Crippen LogP contribution in [0.25, 0.3) is 0 Å². The first-order valence-corrected chi connectivity index (χ1v) is 6.87. The lowest BCUT2D eigenvalue weighted by Gasteiger charge is -2.08. The molecule has 0 aliphatic carbocycles. The van der Waals surface area contributed by atoms with E-state index in [1.165, 1.54) is 18.3 Å². The van der Waals surface area contributed by atoms with Gasteiger partial charge in [-0.15, -0.1) is 0 Å². The van der Waals surface area contributed by atoms with E-state index in [-0.39, 0.29) is 16.4 Å². The monoisotopic (exact) mass is 281 g/mol. The van der Waals surface area contributed by atoms with E-state index >= 15 is 0 Å². The van der Waals surface area contributed by atoms with E-state index in [0.29, 0.717) is 0 Å². The minimum absolute atomic E-state index is 0.0391. The summed E-state index contributed by atoms with van der Waals surface area (Å²) >= 11 is 0. The average molecular weight is 281 g/mol. The summed E-state index contributed by atoms with van der Waals surface area (Å²) in [7, 11) is -3.90. The molecule has 3 N–H and O–H groups in total. The van der Waals surface area contributed by atoms with Crippen molar-refractivity contribution in [1.29, 1.82) is 0 Å². The Kier molecular flexibility index (Phi) is 3.39. The predicted molar refractivity (Wildman–Crippen MR) is 70.6 cm³/mol. The highest BCUT2D eigenvalue weighted by atomic mass is 32.2. The molecule has 2 aromatic rings. The van der Waals surface area contributed by atoms with Crippen LogP contribution in [0.4, 0.5) is 15.9 Å². The Morgan fingerprint density at radius 2 is 2.00 bits per heavy atom. The van der Waals surface area contributed by atoms with E-state index in [1.807, 2.05) is 6.92 Å². The van der Waals surface area contributed by atoms with Crippen molar-refractivity contribution in [2.75, 3.05) is 10.5 Å². The summed E-state index contributed by atoms with van der Waals surface area (Å²) in [6, 6.07) is 6.36. The lowest BCUT2D eigenvalue weighted by Crippen LogP contribution is -2.14. The maximum Gasteiger partial charge on any atom is 0.263 e. The molecule has 0 amide bonds. The third-order valence-electron chi connectivity index (χ3n) is 2.35. The molecule has 0 atom stereocenters. The molecule has 5 nitrogen and oxygen atoms in total. The van der Waals surface area contributed by atoms with Crippen molar-refractivity contribution in [3.8, 4) is 0 Å². The predicted octanol–water partition coefficient (Wildman–Crippen LogP) is 1.91. The lowest BCUT2D eigenvalue weighted by molar-refractivity contribution is 0.595. The second kappa shape index (κ2) is 4.85. The number of hydrogen-bond acceptors (Lipinski definition) is 4. The van der Waals surface area contributed by atoms with E-state index in [4.69, 9.17) is 5.73 Å². The van der Waals surface area contributed by atoms with Crippen LogP contribution in [0.2, 0.25) is 0 Å². The number of anilines is 2. The molecule has 0 saturated heterocycles. The van der Waals surface area contributed by atoms with Crippen LogP contribution in [-0.2, 0) is 10.0 Å². The summed E-state index contributed by atoms with van der Waals surface area (Å²) in [6.07, 6.45) is 1.53. The SMILES string of the molecule is Cc1ccc(NS(=O)(=O)c2cc(N)cc(F)c2)nc1. The lowest BCUT2D eigenvalue weighted by atomic mass is 10.3. The van der Waals surface area contributed by atoms with Gasteiger partial charge in [0.2, 0.25) is 0 Å². The van der Waals surface area contributed by atoms with Crippen LogP contribution in [0, 0.1) is 12.7 Å². The first kappa shape index (κ1) is 13.3. The summed E-state index contributed by atoms with van der Waals surface area (Å²) < 4.78 is 39.5. The smallest absolute Gasteiger partial charge is 0.263 e. The number of aromatic nitrogens is 1. The molecule has 0 radical (unpaired) electrons. The average Bonchev–Trinajstić information content (AvgIpc) is 2.31. The molecule has 0 saturated carbocycles. The van der Waals surface area contributed by atoms with E-state index in [9.17, 15) is 12.8 Å². The number of benzene rings is 1. The Hall–Kier alpha value is -2.15. The van der Waals surface area contributed by atoms with Crippen LogP contribution in [-0.4, -0.2) is 13.4 Å². The zero-order valence-electron chi connectivity index (χ0n) is 10.1. The van der Waals surface area contributed by atoms with Gasteiger partial charge < -0.3 is 5.73 Å². The molecule has 100 valence electrons. The molecule has 7 heteroatoms. The number of sulfonamides is 1. The minimum atomic E-state index is -3.90. The van der Waals surface area contributed by atoms with Crippen molar-refractivity contribution in [2.45, 2.75) is 11.8 Å². The highest BCUT2D eigenvalue weighted by molar-refractivity contribution is 7.92. The van der Waals surface area contributed by atoms with Gasteiger partial charge >= 0.3 is 0 Å². The molecule has 2 rings (SSSR count). The summed E-state index contributed by atoms with van der Waals surface area (Å²) in [5, 5.41) is 0. The van der Waals surface area contributed by atoms with E-state index in [0.717, 1.165) is 17.7 Å². The summed E-state index contributed by atoms with van der Waals surface area (Å²) in [6.45, 7) is 1.83. The number of nitrogen functional groups attached to an aromatic ring is 1. The summed E-state index contributed by atoms with van der Waals surface area (Å²) in [5.74, 6) is -0.550. The standard InChI is InChI=1S/C12H12FN3O2S/c1-8-2-3-12(15-7-8)16-19(17,18)11-5-9(13)4-10(14)6-11/h2-7H,14H2,1H3,(H,15,16). The Bertz CT molecular complexity index is 679. The fraction of sp³-hybridized carbons (Fsp3) is 0.0833. The van der Waals surface area contributed by atoms with Gasteiger partial charge in [0.15, 0.2) is 0 Å². The number of nitrogens with two attached hydrogens (primary N) is 1. The number of nitrogens with one attached hydrogen (secondary N) is 1. The Labute approximate surface area is 110 Å². The Morgan fingerprint density at radius 1 is 1.26 bits per heavy atom. The van der Waals surface area contributed by atoms with Crippen molar-refractivity contribution >= 4 is 21.5 Å². The number of rotatable bonds is 3. The number of nitrogens with zero attached hydrogens (tertiary/aromatic N) is 1. The minimum Gasteiger partial charge on any atom is -0.399 e. The first-order valence-electron chi connectivity index (χ1n) is 5.38. The van der Waals surface area contributed by atoms with Gasteiger partial charge in [-0.05, 0) is 36.8 Å². The quantitative estimate of drug-likeness (QED) is 0.842. The third kappa shape index (κ3) is 3.19. The maximum absolute atomic E-state index is 13.2. The molecule has 19 heavy (non-hydrogen) atoms. The summed E-state index contributed by atoms with van der Waals surface area (Å²) in [5.41, 5.74) is 6.36. The molecule has 0 spiro atoms. The molecule has 0 aliphatic rings. The van der Waals surface area contributed by atoms with Gasteiger partial charge in [-0.2, -0.15) is 0 Å². The Balaban J connectivity index is 2.34. The summed E-state index contributed by atoms with van der Waals surface area (Å²) in [4.78, 5) is 3.68. The number of hydrogen-bond donors (Lipinski definition) is 2. The molecule has 1 aromatic heterocycles. The second-order valence-corrected chi connectivity index (χ2v) is 5.73. The zero-order chi connectivity index (χ0) is 14.0. The molecule has 1 heterocycles. The van der Waals surface area contributed by atoms with Gasteiger partial charge in [0.05, 0.1) is 4.90 Å².